The first-order valence-electron chi connectivity index (χ1n) is 9.19. The second-order valence-electron chi connectivity index (χ2n) is 6.67. The smallest absolute Gasteiger partial charge is 0.255 e. The van der Waals surface area contributed by atoms with Gasteiger partial charge in [-0.15, -0.1) is 5.10 Å². The van der Waals surface area contributed by atoms with Crippen molar-refractivity contribution in [2.24, 2.45) is 0 Å². The summed E-state index contributed by atoms with van der Waals surface area (Å²) in [5.41, 5.74) is 2.83. The van der Waals surface area contributed by atoms with Crippen molar-refractivity contribution in [1.29, 1.82) is 0 Å². The highest BCUT2D eigenvalue weighted by Crippen LogP contribution is 2.37. The Morgan fingerprint density at radius 1 is 1.20 bits per heavy atom. The van der Waals surface area contributed by atoms with Gasteiger partial charge in [-0.05, 0) is 55.1 Å². The first-order chi connectivity index (χ1) is 14.5. The number of halogens is 1. The van der Waals surface area contributed by atoms with Crippen molar-refractivity contribution in [3.8, 4) is 5.75 Å². The third-order valence-electron chi connectivity index (χ3n) is 4.79. The number of rotatable bonds is 5. The second kappa shape index (κ2) is 8.41. The van der Waals surface area contributed by atoms with Crippen LogP contribution in [0.5, 0.6) is 5.75 Å². The molecule has 0 bridgehead atoms. The summed E-state index contributed by atoms with van der Waals surface area (Å²) >= 11 is 7.40. The molecule has 9 heteroatoms. The molecular weight excluding hydrogens is 422 g/mol. The Morgan fingerprint density at radius 3 is 2.53 bits per heavy atom. The molecule has 0 unspecified atom stereocenters. The molecule has 0 spiro atoms. The van der Waals surface area contributed by atoms with E-state index in [-0.39, 0.29) is 5.91 Å². The van der Waals surface area contributed by atoms with Crippen LogP contribution < -0.4 is 15.4 Å². The van der Waals surface area contributed by atoms with Crippen molar-refractivity contribution >= 4 is 40.9 Å². The van der Waals surface area contributed by atoms with Gasteiger partial charge in [-0.25, -0.2) is 4.68 Å². The number of fused-ring (bicyclic) bond motifs is 1. The number of amides is 1. The fourth-order valence-corrected chi connectivity index (χ4v) is 3.81. The molecule has 7 nitrogen and oxygen atoms in total. The fraction of sp³-hybridized carbons (Fsp3) is 0.190. The van der Waals surface area contributed by atoms with Crippen LogP contribution in [0, 0.1) is 0 Å². The number of carbonyl (C=O) groups is 1. The molecule has 1 aliphatic heterocycles. The Kier molecular flexibility index (Phi) is 5.69. The van der Waals surface area contributed by atoms with Crippen LogP contribution >= 0.6 is 23.4 Å². The molecule has 0 saturated heterocycles. The van der Waals surface area contributed by atoms with E-state index in [2.05, 4.69) is 20.7 Å². The first-order valence-corrected chi connectivity index (χ1v) is 10.8. The average molecular weight is 442 g/mol. The summed E-state index contributed by atoms with van der Waals surface area (Å²) in [6.45, 7) is 1.87. The second-order valence-corrected chi connectivity index (χ2v) is 7.88. The van der Waals surface area contributed by atoms with Crippen molar-refractivity contribution in [2.75, 3.05) is 24.0 Å². The quantitative estimate of drug-likeness (QED) is 0.563. The average Bonchev–Trinajstić information content (AvgIpc) is 3.17. The summed E-state index contributed by atoms with van der Waals surface area (Å²) in [4.78, 5) is 17.8. The minimum absolute atomic E-state index is 0.227. The van der Waals surface area contributed by atoms with E-state index in [0.29, 0.717) is 27.4 Å². The Morgan fingerprint density at radius 2 is 1.90 bits per heavy atom. The molecule has 2 heterocycles. The maximum absolute atomic E-state index is 13.3. The zero-order chi connectivity index (χ0) is 21.3. The molecule has 2 aromatic carbocycles. The lowest BCUT2D eigenvalue weighted by Gasteiger charge is -2.28. The maximum atomic E-state index is 13.3. The summed E-state index contributed by atoms with van der Waals surface area (Å²) in [5.74, 6) is 1.11. The molecular formula is C21H20ClN5O2S. The molecule has 2 N–H and O–H groups in total. The molecule has 154 valence electrons. The van der Waals surface area contributed by atoms with Crippen molar-refractivity contribution in [3.63, 3.8) is 0 Å². The molecule has 4 rings (SSSR count). The summed E-state index contributed by atoms with van der Waals surface area (Å²) in [6, 6.07) is 14.2. The fourth-order valence-electron chi connectivity index (χ4n) is 3.34. The number of aromatic nitrogens is 3. The molecule has 1 aromatic heterocycles. The molecule has 30 heavy (non-hydrogen) atoms. The van der Waals surface area contributed by atoms with Gasteiger partial charge in [0.2, 0.25) is 11.1 Å². The van der Waals surface area contributed by atoms with Crippen molar-refractivity contribution in [1.82, 2.24) is 14.8 Å². The summed E-state index contributed by atoms with van der Waals surface area (Å²) in [6.07, 6.45) is 1.91. The van der Waals surface area contributed by atoms with Crippen LogP contribution in [0.25, 0.3) is 0 Å². The Hall–Kier alpha value is -2.97. The van der Waals surface area contributed by atoms with Crippen LogP contribution in [0.3, 0.4) is 0 Å². The Labute approximate surface area is 183 Å². The number of thioether (sulfide) groups is 1. The molecule has 0 radical (unpaired) electrons. The molecule has 0 saturated carbocycles. The van der Waals surface area contributed by atoms with Crippen LogP contribution in [0.1, 0.15) is 18.5 Å². The van der Waals surface area contributed by atoms with E-state index < -0.39 is 6.04 Å². The number of nitrogens with zero attached hydrogens (tertiary/aromatic N) is 3. The summed E-state index contributed by atoms with van der Waals surface area (Å²) < 4.78 is 7.03. The lowest BCUT2D eigenvalue weighted by molar-refractivity contribution is -0.113. The van der Waals surface area contributed by atoms with Crippen molar-refractivity contribution in [2.45, 2.75) is 18.1 Å². The highest BCUT2D eigenvalue weighted by Gasteiger charge is 2.34. The molecule has 0 aliphatic carbocycles. The van der Waals surface area contributed by atoms with Gasteiger partial charge in [-0.2, -0.15) is 4.98 Å². The van der Waals surface area contributed by atoms with E-state index in [4.69, 9.17) is 16.3 Å². The minimum Gasteiger partial charge on any atom is -0.497 e. The van der Waals surface area contributed by atoms with Crippen molar-refractivity contribution < 1.29 is 9.53 Å². The number of benzene rings is 2. The molecule has 0 fully saturated rings. The monoisotopic (exact) mass is 441 g/mol. The zero-order valence-corrected chi connectivity index (χ0v) is 18.2. The number of ether oxygens (including phenoxy) is 1. The minimum atomic E-state index is -0.437. The third kappa shape index (κ3) is 3.88. The number of hydrogen-bond donors (Lipinski definition) is 2. The standard InChI is InChI=1S/C21H20ClN5O2S/c1-12-17(19(28)24-15-8-6-14(22)7-9-15)18(13-4-10-16(29-2)11-5-13)27-20(23-12)25-21(26-27)30-3/h4-11,18H,1-3H3,(H,24,28)(H,23,25,26)/t18-/m1/s1. The topological polar surface area (TPSA) is 81.1 Å². The third-order valence-corrected chi connectivity index (χ3v) is 5.58. The van der Waals surface area contributed by atoms with E-state index in [1.54, 1.807) is 36.1 Å². The number of hydrogen-bond acceptors (Lipinski definition) is 6. The van der Waals surface area contributed by atoms with Gasteiger partial charge in [0.05, 0.1) is 12.7 Å². The van der Waals surface area contributed by atoms with E-state index in [0.717, 1.165) is 17.0 Å². The van der Waals surface area contributed by atoms with E-state index in [9.17, 15) is 4.79 Å². The van der Waals surface area contributed by atoms with Crippen LogP contribution in [-0.2, 0) is 4.79 Å². The lowest BCUT2D eigenvalue weighted by Crippen LogP contribution is -2.31. The van der Waals surface area contributed by atoms with Gasteiger partial charge in [0, 0.05) is 16.4 Å². The molecule has 1 amide bonds. The Bertz CT molecular complexity index is 1110. The SMILES string of the molecule is COc1ccc([C@@H]2C(C(=O)Nc3ccc(Cl)cc3)=C(C)Nc3nc(SC)nn32)cc1. The predicted octanol–water partition coefficient (Wildman–Crippen LogP) is 4.59. The maximum Gasteiger partial charge on any atom is 0.255 e. The van der Waals surface area contributed by atoms with Crippen molar-refractivity contribution in [3.05, 3.63) is 70.4 Å². The summed E-state index contributed by atoms with van der Waals surface area (Å²) in [5, 5.41) is 12.0. The number of anilines is 2. The first kappa shape index (κ1) is 20.3. The number of methoxy groups -OCH3 is 1. The van der Waals surface area contributed by atoms with Crippen LogP contribution in [0.2, 0.25) is 5.02 Å². The summed E-state index contributed by atoms with van der Waals surface area (Å²) in [7, 11) is 1.62. The van der Waals surface area contributed by atoms with Gasteiger partial charge in [0.25, 0.3) is 5.91 Å². The molecule has 1 atom stereocenters. The van der Waals surface area contributed by atoms with E-state index in [1.807, 2.05) is 37.4 Å². The van der Waals surface area contributed by atoms with Gasteiger partial charge in [-0.1, -0.05) is 35.5 Å². The molecule has 1 aliphatic rings. The van der Waals surface area contributed by atoms with Crippen LogP contribution in [0.15, 0.2) is 65.0 Å². The van der Waals surface area contributed by atoms with Gasteiger partial charge in [0.15, 0.2) is 0 Å². The van der Waals surface area contributed by atoms with Gasteiger partial charge < -0.3 is 15.4 Å². The van der Waals surface area contributed by atoms with E-state index in [1.165, 1.54) is 11.8 Å². The normalized spacial score (nSPS) is 15.4. The van der Waals surface area contributed by atoms with Gasteiger partial charge in [-0.3, -0.25) is 4.79 Å². The largest absolute Gasteiger partial charge is 0.497 e. The van der Waals surface area contributed by atoms with Crippen LogP contribution in [-0.4, -0.2) is 34.0 Å². The number of carbonyl (C=O) groups excluding carboxylic acids is 1. The highest BCUT2D eigenvalue weighted by atomic mass is 35.5. The van der Waals surface area contributed by atoms with Crippen LogP contribution in [0.4, 0.5) is 11.6 Å². The zero-order valence-electron chi connectivity index (χ0n) is 16.6. The number of nitrogens with one attached hydrogen (secondary N) is 2. The number of allylic oxidation sites excluding steroid dienone is 1. The van der Waals surface area contributed by atoms with Gasteiger partial charge in [0.1, 0.15) is 11.8 Å². The lowest BCUT2D eigenvalue weighted by atomic mass is 9.95. The highest BCUT2D eigenvalue weighted by molar-refractivity contribution is 7.98. The molecule has 3 aromatic rings. The predicted molar refractivity (Wildman–Crippen MR) is 119 cm³/mol. The van der Waals surface area contributed by atoms with E-state index >= 15 is 0 Å². The Balaban J connectivity index is 1.76. The van der Waals surface area contributed by atoms with Gasteiger partial charge >= 0.3 is 0 Å².